The average molecular weight is 428 g/mol. The second-order valence-electron chi connectivity index (χ2n) is 4.44. The van der Waals surface area contributed by atoms with E-state index in [0.29, 0.717) is 4.47 Å². The molecule has 0 saturated carbocycles. The van der Waals surface area contributed by atoms with Gasteiger partial charge in [0.2, 0.25) is 15.9 Å². The van der Waals surface area contributed by atoms with Crippen LogP contribution in [0.25, 0.3) is 0 Å². The number of hydrogen-bond acceptors (Lipinski definition) is 3. The zero-order valence-electron chi connectivity index (χ0n) is 11.1. The van der Waals surface area contributed by atoms with Crippen LogP contribution in [0.5, 0.6) is 0 Å². The third kappa shape index (κ3) is 5.51. The Kier molecular flexibility index (Phi) is 6.63. The van der Waals surface area contributed by atoms with Crippen molar-refractivity contribution in [2.24, 2.45) is 0 Å². The largest absolute Gasteiger partial charge is 0.354 e. The lowest BCUT2D eigenvalue weighted by molar-refractivity contribution is -0.121. The van der Waals surface area contributed by atoms with E-state index in [-0.39, 0.29) is 29.8 Å². The lowest BCUT2D eigenvalue weighted by Gasteiger charge is -2.10. The molecule has 0 aliphatic carbocycles. The summed E-state index contributed by atoms with van der Waals surface area (Å²) in [6, 6.07) is 4.83. The fourth-order valence-electron chi connectivity index (χ4n) is 1.46. The third-order valence-corrected chi connectivity index (χ3v) is 5.21. The second-order valence-corrected chi connectivity index (χ2v) is 7.95. The van der Waals surface area contributed by atoms with Crippen LogP contribution in [0.1, 0.15) is 20.3 Å². The SMILES string of the molecule is CC(C)NC(=O)CCNS(=O)(=O)c1ccc(Br)cc1Br. The summed E-state index contributed by atoms with van der Waals surface area (Å²) in [5, 5.41) is 2.70. The minimum Gasteiger partial charge on any atom is -0.354 e. The van der Waals surface area contributed by atoms with E-state index in [2.05, 4.69) is 41.9 Å². The van der Waals surface area contributed by atoms with Crippen molar-refractivity contribution in [3.63, 3.8) is 0 Å². The maximum atomic E-state index is 12.1. The van der Waals surface area contributed by atoms with Crippen molar-refractivity contribution >= 4 is 47.8 Å². The molecule has 5 nitrogen and oxygen atoms in total. The molecule has 0 spiro atoms. The summed E-state index contributed by atoms with van der Waals surface area (Å²) < 4.78 is 27.8. The summed E-state index contributed by atoms with van der Waals surface area (Å²) in [5.41, 5.74) is 0. The number of hydrogen-bond donors (Lipinski definition) is 2. The molecule has 1 aromatic rings. The van der Waals surface area contributed by atoms with Gasteiger partial charge >= 0.3 is 0 Å². The summed E-state index contributed by atoms with van der Waals surface area (Å²) in [4.78, 5) is 11.6. The molecule has 0 aromatic heterocycles. The summed E-state index contributed by atoms with van der Waals surface area (Å²) in [5.74, 6) is -0.183. The number of benzene rings is 1. The maximum Gasteiger partial charge on any atom is 0.241 e. The first kappa shape index (κ1) is 17.6. The fraction of sp³-hybridized carbons (Fsp3) is 0.417. The minimum absolute atomic E-state index is 0.0414. The molecule has 0 aliphatic rings. The minimum atomic E-state index is -3.63. The zero-order valence-corrected chi connectivity index (χ0v) is 15.1. The number of nitrogens with one attached hydrogen (secondary N) is 2. The quantitative estimate of drug-likeness (QED) is 0.731. The molecule has 0 radical (unpaired) electrons. The first-order valence-corrected chi connectivity index (χ1v) is 9.03. The van der Waals surface area contributed by atoms with Crippen molar-refractivity contribution in [2.45, 2.75) is 31.2 Å². The van der Waals surface area contributed by atoms with Gasteiger partial charge in [-0.05, 0) is 48.0 Å². The van der Waals surface area contributed by atoms with Crippen molar-refractivity contribution in [1.82, 2.24) is 10.0 Å². The smallest absolute Gasteiger partial charge is 0.241 e. The molecule has 1 aromatic carbocycles. The predicted octanol–water partition coefficient (Wildman–Crippen LogP) is 2.40. The molecule has 1 rings (SSSR count). The van der Waals surface area contributed by atoms with E-state index in [1.165, 1.54) is 6.07 Å². The lowest BCUT2D eigenvalue weighted by Crippen LogP contribution is -2.34. The number of carbonyl (C=O) groups is 1. The number of sulfonamides is 1. The van der Waals surface area contributed by atoms with Gasteiger partial charge in [0.15, 0.2) is 0 Å². The molecule has 0 bridgehead atoms. The van der Waals surface area contributed by atoms with Gasteiger partial charge in [0.1, 0.15) is 0 Å². The van der Waals surface area contributed by atoms with Gasteiger partial charge in [-0.15, -0.1) is 0 Å². The molecule has 0 saturated heterocycles. The summed E-state index contributed by atoms with van der Waals surface area (Å²) >= 11 is 6.47. The number of rotatable bonds is 6. The molecule has 0 fully saturated rings. The second kappa shape index (κ2) is 7.53. The molecule has 8 heteroatoms. The average Bonchev–Trinajstić information content (AvgIpc) is 2.26. The van der Waals surface area contributed by atoms with Crippen LogP contribution in [0.3, 0.4) is 0 Å². The zero-order chi connectivity index (χ0) is 15.3. The number of halogens is 2. The molecular formula is C12H16Br2N2O3S. The number of carbonyl (C=O) groups excluding carboxylic acids is 1. The van der Waals surface area contributed by atoms with Gasteiger partial charge in [0, 0.05) is 28.0 Å². The molecular weight excluding hydrogens is 412 g/mol. The molecule has 2 N–H and O–H groups in total. The topological polar surface area (TPSA) is 75.3 Å². The monoisotopic (exact) mass is 426 g/mol. The van der Waals surface area contributed by atoms with Gasteiger partial charge < -0.3 is 5.32 Å². The van der Waals surface area contributed by atoms with Crippen LogP contribution < -0.4 is 10.0 Å². The van der Waals surface area contributed by atoms with Crippen molar-refractivity contribution < 1.29 is 13.2 Å². The van der Waals surface area contributed by atoms with E-state index in [1.54, 1.807) is 12.1 Å². The van der Waals surface area contributed by atoms with Gasteiger partial charge in [0.05, 0.1) is 4.90 Å². The van der Waals surface area contributed by atoms with Crippen LogP contribution in [-0.2, 0) is 14.8 Å². The van der Waals surface area contributed by atoms with Gasteiger partial charge in [-0.3, -0.25) is 4.79 Å². The standard InChI is InChI=1S/C12H16Br2N2O3S/c1-8(2)16-12(17)5-6-15-20(18,19)11-4-3-9(13)7-10(11)14/h3-4,7-8,15H,5-6H2,1-2H3,(H,16,17). The normalized spacial score (nSPS) is 11.7. The van der Waals surface area contributed by atoms with E-state index in [4.69, 9.17) is 0 Å². The predicted molar refractivity (Wildman–Crippen MR) is 84.9 cm³/mol. The molecule has 1 amide bonds. The molecule has 0 atom stereocenters. The summed E-state index contributed by atoms with van der Waals surface area (Å²) in [6.45, 7) is 3.76. The molecule has 0 unspecified atom stereocenters. The van der Waals surface area contributed by atoms with Gasteiger partial charge in [-0.2, -0.15) is 0 Å². The van der Waals surface area contributed by atoms with Gasteiger partial charge in [-0.25, -0.2) is 13.1 Å². The Morgan fingerprint density at radius 2 is 1.95 bits per heavy atom. The highest BCUT2D eigenvalue weighted by Gasteiger charge is 2.17. The van der Waals surface area contributed by atoms with Crippen LogP contribution in [0, 0.1) is 0 Å². The molecule has 112 valence electrons. The van der Waals surface area contributed by atoms with Crippen LogP contribution >= 0.6 is 31.9 Å². The Bertz CT molecular complexity index is 588. The van der Waals surface area contributed by atoms with Crippen molar-refractivity contribution in [3.05, 3.63) is 27.1 Å². The van der Waals surface area contributed by atoms with Crippen LogP contribution in [0.2, 0.25) is 0 Å². The van der Waals surface area contributed by atoms with Crippen molar-refractivity contribution in [3.8, 4) is 0 Å². The molecule has 20 heavy (non-hydrogen) atoms. The van der Waals surface area contributed by atoms with Crippen LogP contribution in [0.4, 0.5) is 0 Å². The Morgan fingerprint density at radius 1 is 1.30 bits per heavy atom. The van der Waals surface area contributed by atoms with E-state index in [1.807, 2.05) is 13.8 Å². The van der Waals surface area contributed by atoms with Crippen molar-refractivity contribution in [2.75, 3.05) is 6.54 Å². The Balaban J connectivity index is 2.64. The van der Waals surface area contributed by atoms with Gasteiger partial charge in [-0.1, -0.05) is 15.9 Å². The molecule has 0 heterocycles. The summed E-state index contributed by atoms with van der Waals surface area (Å²) in [7, 11) is -3.63. The first-order valence-electron chi connectivity index (χ1n) is 5.96. The lowest BCUT2D eigenvalue weighted by atomic mass is 10.3. The van der Waals surface area contributed by atoms with E-state index >= 15 is 0 Å². The maximum absolute atomic E-state index is 12.1. The fourth-order valence-corrected chi connectivity index (χ4v) is 4.24. The Hall–Kier alpha value is -0.440. The highest BCUT2D eigenvalue weighted by molar-refractivity contribution is 9.11. The Labute approximate surface area is 135 Å². The van der Waals surface area contributed by atoms with E-state index < -0.39 is 10.0 Å². The number of amides is 1. The molecule has 0 aliphatic heterocycles. The van der Waals surface area contributed by atoms with E-state index in [0.717, 1.165) is 4.47 Å². The van der Waals surface area contributed by atoms with E-state index in [9.17, 15) is 13.2 Å². The third-order valence-electron chi connectivity index (χ3n) is 2.28. The summed E-state index contributed by atoms with van der Waals surface area (Å²) in [6.07, 6.45) is 0.103. The van der Waals surface area contributed by atoms with Crippen LogP contribution in [-0.4, -0.2) is 26.9 Å². The highest BCUT2D eigenvalue weighted by atomic mass is 79.9. The van der Waals surface area contributed by atoms with Crippen molar-refractivity contribution in [1.29, 1.82) is 0 Å². The van der Waals surface area contributed by atoms with Crippen LogP contribution in [0.15, 0.2) is 32.0 Å². The highest BCUT2D eigenvalue weighted by Crippen LogP contribution is 2.25. The Morgan fingerprint density at radius 3 is 2.50 bits per heavy atom. The first-order chi connectivity index (χ1) is 9.22. The van der Waals surface area contributed by atoms with Gasteiger partial charge in [0.25, 0.3) is 0 Å².